The van der Waals surface area contributed by atoms with Crippen LogP contribution in [0.2, 0.25) is 0 Å². The average molecular weight is 379 g/mol. The fraction of sp³-hybridized carbons (Fsp3) is 0.435. The van der Waals surface area contributed by atoms with Gasteiger partial charge in [0.2, 0.25) is 5.91 Å². The van der Waals surface area contributed by atoms with E-state index < -0.39 is 0 Å². The molecule has 28 heavy (non-hydrogen) atoms. The van der Waals surface area contributed by atoms with Gasteiger partial charge < -0.3 is 16.0 Å². The van der Waals surface area contributed by atoms with Crippen molar-refractivity contribution in [2.75, 3.05) is 11.9 Å². The lowest BCUT2D eigenvalue weighted by Crippen LogP contribution is -2.45. The van der Waals surface area contributed by atoms with Crippen LogP contribution in [0, 0.1) is 11.7 Å². The molecule has 2 aliphatic heterocycles. The van der Waals surface area contributed by atoms with Crippen LogP contribution in [0.5, 0.6) is 0 Å². The summed E-state index contributed by atoms with van der Waals surface area (Å²) in [6.45, 7) is 1.75. The molecule has 2 aromatic rings. The van der Waals surface area contributed by atoms with Crippen LogP contribution in [-0.4, -0.2) is 18.5 Å². The Morgan fingerprint density at radius 3 is 2.68 bits per heavy atom. The highest BCUT2D eigenvalue weighted by Gasteiger charge is 2.42. The molecule has 3 unspecified atom stereocenters. The molecule has 0 spiro atoms. The zero-order valence-corrected chi connectivity index (χ0v) is 15.9. The van der Waals surface area contributed by atoms with Crippen molar-refractivity contribution in [3.63, 3.8) is 0 Å². The van der Waals surface area contributed by atoms with Gasteiger partial charge in [-0.15, -0.1) is 0 Å². The van der Waals surface area contributed by atoms with Crippen LogP contribution in [0.3, 0.4) is 0 Å². The van der Waals surface area contributed by atoms with Crippen molar-refractivity contribution < 1.29 is 9.18 Å². The number of rotatable bonds is 5. The van der Waals surface area contributed by atoms with Crippen LogP contribution in [0.25, 0.3) is 0 Å². The van der Waals surface area contributed by atoms with Gasteiger partial charge in [0.15, 0.2) is 0 Å². The van der Waals surface area contributed by atoms with Crippen molar-refractivity contribution in [2.45, 2.75) is 50.2 Å². The normalized spacial score (nSPS) is 26.8. The second kappa shape index (κ2) is 7.30. The number of benzene rings is 2. The minimum atomic E-state index is -0.199. The number of carbonyl (C=O) groups is 1. The third kappa shape index (κ3) is 3.45. The third-order valence-electron chi connectivity index (χ3n) is 6.34. The standard InChI is InChI=1S/C23H26FN3O/c24-17-8-6-16(7-9-17)22-20(2-1-11-25-22)26-13-14-3-10-19-18(12-14)21(15-4-5-15)23(28)27-19/h3,6-10,12,15,20-22,25-26H,1-2,4-5,11,13H2,(H,27,28). The largest absolute Gasteiger partial charge is 0.325 e. The predicted molar refractivity (Wildman–Crippen MR) is 108 cm³/mol. The molecule has 3 aliphatic rings. The molecule has 2 fully saturated rings. The summed E-state index contributed by atoms with van der Waals surface area (Å²) in [6.07, 6.45) is 4.53. The highest BCUT2D eigenvalue weighted by molar-refractivity contribution is 6.03. The zero-order chi connectivity index (χ0) is 19.1. The van der Waals surface area contributed by atoms with Gasteiger partial charge in [-0.25, -0.2) is 4.39 Å². The molecule has 146 valence electrons. The van der Waals surface area contributed by atoms with E-state index in [0.717, 1.165) is 50.0 Å². The second-order valence-corrected chi connectivity index (χ2v) is 8.34. The van der Waals surface area contributed by atoms with Crippen molar-refractivity contribution in [1.82, 2.24) is 10.6 Å². The van der Waals surface area contributed by atoms with E-state index in [2.05, 4.69) is 28.1 Å². The van der Waals surface area contributed by atoms with Crippen LogP contribution < -0.4 is 16.0 Å². The van der Waals surface area contributed by atoms with Crippen LogP contribution in [0.4, 0.5) is 10.1 Å². The van der Waals surface area contributed by atoms with Crippen molar-refractivity contribution in [3.8, 4) is 0 Å². The number of hydrogen-bond donors (Lipinski definition) is 3. The van der Waals surface area contributed by atoms with E-state index in [1.54, 1.807) is 0 Å². The number of halogens is 1. The van der Waals surface area contributed by atoms with Gasteiger partial charge in [0, 0.05) is 24.3 Å². The van der Waals surface area contributed by atoms with E-state index in [1.807, 2.05) is 18.2 Å². The van der Waals surface area contributed by atoms with Crippen LogP contribution in [0.15, 0.2) is 42.5 Å². The van der Waals surface area contributed by atoms with Crippen LogP contribution in [-0.2, 0) is 11.3 Å². The second-order valence-electron chi connectivity index (χ2n) is 8.34. The van der Waals surface area contributed by atoms with E-state index in [1.165, 1.54) is 23.3 Å². The Balaban J connectivity index is 1.30. The van der Waals surface area contributed by atoms with E-state index in [0.29, 0.717) is 12.0 Å². The Kier molecular flexibility index (Phi) is 4.65. The first kappa shape index (κ1) is 17.8. The highest BCUT2D eigenvalue weighted by Crippen LogP contribution is 2.48. The maximum absolute atomic E-state index is 13.3. The molecule has 0 aromatic heterocycles. The minimum Gasteiger partial charge on any atom is -0.325 e. The molecule has 0 bridgehead atoms. The molecule has 5 heteroatoms. The molecule has 1 amide bonds. The van der Waals surface area contributed by atoms with Gasteiger partial charge >= 0.3 is 0 Å². The van der Waals surface area contributed by atoms with E-state index >= 15 is 0 Å². The van der Waals surface area contributed by atoms with E-state index in [9.17, 15) is 9.18 Å². The smallest absolute Gasteiger partial charge is 0.232 e. The topological polar surface area (TPSA) is 53.2 Å². The lowest BCUT2D eigenvalue weighted by molar-refractivity contribution is -0.117. The first-order chi connectivity index (χ1) is 13.7. The van der Waals surface area contributed by atoms with E-state index in [4.69, 9.17) is 0 Å². The molecule has 5 rings (SSSR count). The number of carbonyl (C=O) groups excluding carboxylic acids is 1. The minimum absolute atomic E-state index is 0.0401. The van der Waals surface area contributed by atoms with Gasteiger partial charge in [-0.2, -0.15) is 0 Å². The molecule has 2 aromatic carbocycles. The number of anilines is 1. The number of fused-ring (bicyclic) bond motifs is 1. The average Bonchev–Trinajstić information content (AvgIpc) is 3.49. The summed E-state index contributed by atoms with van der Waals surface area (Å²) < 4.78 is 13.3. The highest BCUT2D eigenvalue weighted by atomic mass is 19.1. The molecule has 1 saturated heterocycles. The molecule has 1 saturated carbocycles. The maximum Gasteiger partial charge on any atom is 0.232 e. The molecular weight excluding hydrogens is 353 g/mol. The van der Waals surface area contributed by atoms with Crippen LogP contribution >= 0.6 is 0 Å². The third-order valence-corrected chi connectivity index (χ3v) is 6.34. The first-order valence-electron chi connectivity index (χ1n) is 10.3. The van der Waals surface area contributed by atoms with Crippen molar-refractivity contribution in [2.24, 2.45) is 5.92 Å². The number of piperidine rings is 1. The number of hydrogen-bond acceptors (Lipinski definition) is 3. The molecule has 3 N–H and O–H groups in total. The van der Waals surface area contributed by atoms with Gasteiger partial charge in [-0.05, 0) is 73.0 Å². The van der Waals surface area contributed by atoms with Gasteiger partial charge in [-0.1, -0.05) is 24.3 Å². The Labute approximate surface area is 164 Å². The fourth-order valence-corrected chi connectivity index (χ4v) is 4.72. The number of nitrogens with one attached hydrogen (secondary N) is 3. The van der Waals surface area contributed by atoms with Gasteiger partial charge in [0.1, 0.15) is 5.82 Å². The summed E-state index contributed by atoms with van der Waals surface area (Å²) in [5.74, 6) is 0.527. The van der Waals surface area contributed by atoms with Crippen molar-refractivity contribution >= 4 is 11.6 Å². The molecule has 1 aliphatic carbocycles. The Morgan fingerprint density at radius 1 is 1.07 bits per heavy atom. The fourth-order valence-electron chi connectivity index (χ4n) is 4.72. The van der Waals surface area contributed by atoms with Crippen molar-refractivity contribution in [3.05, 3.63) is 65.0 Å². The van der Waals surface area contributed by atoms with Crippen LogP contribution in [0.1, 0.15) is 54.3 Å². The lowest BCUT2D eigenvalue weighted by atomic mass is 9.91. The number of amides is 1. The first-order valence-corrected chi connectivity index (χ1v) is 10.3. The summed E-state index contributed by atoms with van der Waals surface area (Å²) in [7, 11) is 0. The summed E-state index contributed by atoms with van der Waals surface area (Å²) in [5.41, 5.74) is 4.48. The van der Waals surface area contributed by atoms with E-state index in [-0.39, 0.29) is 23.7 Å². The SMILES string of the molecule is O=C1Nc2ccc(CNC3CCCNC3c3ccc(F)cc3)cc2C1C1CC1. The maximum atomic E-state index is 13.3. The van der Waals surface area contributed by atoms with Crippen molar-refractivity contribution in [1.29, 1.82) is 0 Å². The van der Waals surface area contributed by atoms with Gasteiger partial charge in [0.05, 0.1) is 5.92 Å². The predicted octanol–water partition coefficient (Wildman–Crippen LogP) is 3.85. The quantitative estimate of drug-likeness (QED) is 0.740. The molecular formula is C23H26FN3O. The summed E-state index contributed by atoms with van der Waals surface area (Å²) in [5, 5.41) is 10.3. The van der Waals surface area contributed by atoms with Gasteiger partial charge in [0.25, 0.3) is 0 Å². The van der Waals surface area contributed by atoms with Gasteiger partial charge in [-0.3, -0.25) is 4.79 Å². The zero-order valence-electron chi connectivity index (χ0n) is 15.9. The summed E-state index contributed by atoms with van der Waals surface area (Å²) in [6, 6.07) is 13.6. The Bertz CT molecular complexity index is 878. The molecule has 2 heterocycles. The Morgan fingerprint density at radius 2 is 1.89 bits per heavy atom. The monoisotopic (exact) mass is 379 g/mol. The lowest BCUT2D eigenvalue weighted by Gasteiger charge is -2.34. The molecule has 0 radical (unpaired) electrons. The summed E-state index contributed by atoms with van der Waals surface area (Å²) >= 11 is 0. The molecule has 3 atom stereocenters. The summed E-state index contributed by atoms with van der Waals surface area (Å²) in [4.78, 5) is 12.3. The molecule has 4 nitrogen and oxygen atoms in total. The Hall–Kier alpha value is -2.24.